The number of rotatable bonds is 4. The second-order valence-electron chi connectivity index (χ2n) is 4.79. The Morgan fingerprint density at radius 3 is 2.62 bits per heavy atom. The number of nitrogens with zero attached hydrogens (tertiary/aromatic N) is 2. The zero-order valence-corrected chi connectivity index (χ0v) is 11.9. The van der Waals surface area contributed by atoms with Gasteiger partial charge in [-0.25, -0.2) is 13.8 Å². The highest BCUT2D eigenvalue weighted by Gasteiger charge is 2.11. The molecule has 3 aromatic rings. The number of para-hydroxylation sites is 2. The highest BCUT2D eigenvalue weighted by atomic mass is 35.5. The Hall–Kier alpha value is -1.94. The van der Waals surface area contributed by atoms with Gasteiger partial charge in [0.25, 0.3) is 0 Å². The first kappa shape index (κ1) is 14.0. The molecule has 0 spiro atoms. The van der Waals surface area contributed by atoms with Crippen molar-refractivity contribution in [2.24, 2.45) is 0 Å². The van der Waals surface area contributed by atoms with Crippen LogP contribution in [-0.2, 0) is 13.0 Å². The van der Waals surface area contributed by atoms with E-state index in [1.165, 1.54) is 6.07 Å². The van der Waals surface area contributed by atoms with Crippen LogP contribution in [0.25, 0.3) is 11.0 Å². The molecule has 0 aliphatic heterocycles. The largest absolute Gasteiger partial charge is 0.323 e. The minimum absolute atomic E-state index is 0.434. The van der Waals surface area contributed by atoms with Gasteiger partial charge in [-0.05, 0) is 29.8 Å². The topological polar surface area (TPSA) is 17.8 Å². The van der Waals surface area contributed by atoms with Crippen LogP contribution in [0.3, 0.4) is 0 Å². The van der Waals surface area contributed by atoms with Gasteiger partial charge in [-0.15, -0.1) is 11.6 Å². The normalized spacial score (nSPS) is 11.2. The van der Waals surface area contributed by atoms with Gasteiger partial charge in [-0.1, -0.05) is 18.2 Å². The van der Waals surface area contributed by atoms with Crippen LogP contribution in [0.15, 0.2) is 42.5 Å². The van der Waals surface area contributed by atoms with Gasteiger partial charge in [0.1, 0.15) is 5.82 Å². The molecule has 1 heterocycles. The first-order valence-corrected chi connectivity index (χ1v) is 7.16. The summed E-state index contributed by atoms with van der Waals surface area (Å²) in [5.74, 6) is -0.372. The summed E-state index contributed by atoms with van der Waals surface area (Å²) in [7, 11) is 0. The van der Waals surface area contributed by atoms with Gasteiger partial charge in [0.2, 0.25) is 0 Å². The van der Waals surface area contributed by atoms with Gasteiger partial charge in [-0.3, -0.25) is 0 Å². The minimum atomic E-state index is -0.838. The molecule has 21 heavy (non-hydrogen) atoms. The molecule has 0 N–H and O–H groups in total. The summed E-state index contributed by atoms with van der Waals surface area (Å²) in [6, 6.07) is 11.7. The lowest BCUT2D eigenvalue weighted by Gasteiger charge is -2.09. The molecule has 0 fully saturated rings. The second-order valence-corrected chi connectivity index (χ2v) is 5.17. The fourth-order valence-electron chi connectivity index (χ4n) is 2.40. The predicted molar refractivity (Wildman–Crippen MR) is 79.6 cm³/mol. The van der Waals surface area contributed by atoms with E-state index in [0.717, 1.165) is 22.9 Å². The lowest BCUT2D eigenvalue weighted by Crippen LogP contribution is -2.06. The quantitative estimate of drug-likeness (QED) is 0.662. The first-order valence-electron chi connectivity index (χ1n) is 6.63. The molecule has 0 radical (unpaired) electrons. The summed E-state index contributed by atoms with van der Waals surface area (Å²) in [6.45, 7) is 0.434. The maximum atomic E-state index is 13.3. The van der Waals surface area contributed by atoms with Crippen molar-refractivity contribution in [2.75, 3.05) is 5.88 Å². The maximum absolute atomic E-state index is 13.3. The van der Waals surface area contributed by atoms with Crippen molar-refractivity contribution in [1.82, 2.24) is 9.55 Å². The number of fused-ring (bicyclic) bond motifs is 1. The average molecular weight is 307 g/mol. The second kappa shape index (κ2) is 5.82. The molecule has 0 aliphatic carbocycles. The Labute approximate surface area is 126 Å². The third kappa shape index (κ3) is 2.76. The number of aryl methyl sites for hydroxylation is 1. The van der Waals surface area contributed by atoms with Gasteiger partial charge < -0.3 is 4.57 Å². The lowest BCUT2D eigenvalue weighted by atomic mass is 10.2. The summed E-state index contributed by atoms with van der Waals surface area (Å²) < 4.78 is 28.4. The standard InChI is InChI=1S/C16H13ClF2N2/c17-8-7-16-20-14-3-1-2-4-15(14)21(16)10-11-5-6-12(18)13(19)9-11/h1-6,9H,7-8,10H2. The molecule has 2 nitrogen and oxygen atoms in total. The summed E-state index contributed by atoms with van der Waals surface area (Å²) in [5, 5.41) is 0. The Morgan fingerprint density at radius 1 is 1.05 bits per heavy atom. The summed E-state index contributed by atoms with van der Waals surface area (Å²) in [6.07, 6.45) is 0.625. The molecule has 5 heteroatoms. The van der Waals surface area contributed by atoms with E-state index in [1.807, 2.05) is 28.8 Å². The van der Waals surface area contributed by atoms with Gasteiger partial charge in [-0.2, -0.15) is 0 Å². The number of hydrogen-bond acceptors (Lipinski definition) is 1. The summed E-state index contributed by atoms with van der Waals surface area (Å²) in [4.78, 5) is 4.55. The van der Waals surface area contributed by atoms with Gasteiger partial charge in [0.15, 0.2) is 11.6 Å². The monoisotopic (exact) mass is 306 g/mol. The molecule has 2 aromatic carbocycles. The van der Waals surface area contributed by atoms with E-state index in [9.17, 15) is 8.78 Å². The van der Waals surface area contributed by atoms with Crippen molar-refractivity contribution in [1.29, 1.82) is 0 Å². The number of alkyl halides is 1. The van der Waals surface area contributed by atoms with Gasteiger partial charge in [0, 0.05) is 18.8 Å². The van der Waals surface area contributed by atoms with E-state index < -0.39 is 11.6 Å². The van der Waals surface area contributed by atoms with Crippen LogP contribution in [0.2, 0.25) is 0 Å². The van der Waals surface area contributed by atoms with E-state index in [0.29, 0.717) is 24.4 Å². The summed E-state index contributed by atoms with van der Waals surface area (Å²) in [5.41, 5.74) is 2.52. The smallest absolute Gasteiger partial charge is 0.159 e. The fraction of sp³-hybridized carbons (Fsp3) is 0.188. The van der Waals surface area contributed by atoms with Crippen LogP contribution >= 0.6 is 11.6 Å². The van der Waals surface area contributed by atoms with Crippen LogP contribution < -0.4 is 0 Å². The number of hydrogen-bond donors (Lipinski definition) is 0. The number of benzene rings is 2. The Bertz CT molecular complexity index is 783. The average Bonchev–Trinajstić information content (AvgIpc) is 2.81. The minimum Gasteiger partial charge on any atom is -0.323 e. The van der Waals surface area contributed by atoms with E-state index >= 15 is 0 Å². The van der Waals surface area contributed by atoms with Crippen molar-refractivity contribution in [3.05, 3.63) is 65.5 Å². The number of aromatic nitrogens is 2. The number of imidazole rings is 1. The zero-order valence-electron chi connectivity index (χ0n) is 11.2. The highest BCUT2D eigenvalue weighted by molar-refractivity contribution is 6.17. The zero-order chi connectivity index (χ0) is 14.8. The number of halogens is 3. The molecular formula is C16H13ClF2N2. The van der Waals surface area contributed by atoms with Crippen LogP contribution in [0.5, 0.6) is 0 Å². The highest BCUT2D eigenvalue weighted by Crippen LogP contribution is 2.19. The van der Waals surface area contributed by atoms with E-state index in [-0.39, 0.29) is 0 Å². The maximum Gasteiger partial charge on any atom is 0.159 e. The van der Waals surface area contributed by atoms with Crippen LogP contribution in [0.4, 0.5) is 8.78 Å². The SMILES string of the molecule is Fc1ccc(Cn2c(CCCl)nc3ccccc32)cc1F. The van der Waals surface area contributed by atoms with Gasteiger partial charge in [0.05, 0.1) is 11.0 Å². The fourth-order valence-corrected chi connectivity index (χ4v) is 2.57. The molecular weight excluding hydrogens is 294 g/mol. The molecule has 0 saturated heterocycles. The van der Waals surface area contributed by atoms with Crippen molar-refractivity contribution < 1.29 is 8.78 Å². The molecule has 0 amide bonds. The van der Waals surface area contributed by atoms with E-state index in [4.69, 9.17) is 11.6 Å². The third-order valence-corrected chi connectivity index (χ3v) is 3.57. The Kier molecular flexibility index (Phi) is 3.88. The molecule has 0 unspecified atom stereocenters. The van der Waals surface area contributed by atoms with Crippen LogP contribution in [-0.4, -0.2) is 15.4 Å². The first-order chi connectivity index (χ1) is 10.2. The molecule has 0 aliphatic rings. The lowest BCUT2D eigenvalue weighted by molar-refractivity contribution is 0.506. The van der Waals surface area contributed by atoms with Crippen LogP contribution in [0, 0.1) is 11.6 Å². The van der Waals surface area contributed by atoms with E-state index in [1.54, 1.807) is 6.07 Å². The summed E-state index contributed by atoms with van der Waals surface area (Å²) >= 11 is 5.82. The van der Waals surface area contributed by atoms with E-state index in [2.05, 4.69) is 4.98 Å². The van der Waals surface area contributed by atoms with Crippen LogP contribution in [0.1, 0.15) is 11.4 Å². The van der Waals surface area contributed by atoms with Crippen molar-refractivity contribution in [3.8, 4) is 0 Å². The molecule has 0 bridgehead atoms. The van der Waals surface area contributed by atoms with Gasteiger partial charge >= 0.3 is 0 Å². The Morgan fingerprint density at radius 2 is 1.86 bits per heavy atom. The Balaban J connectivity index is 2.05. The predicted octanol–water partition coefficient (Wildman–Crippen LogP) is 4.14. The molecule has 0 atom stereocenters. The molecule has 1 aromatic heterocycles. The van der Waals surface area contributed by atoms with Crippen molar-refractivity contribution in [3.63, 3.8) is 0 Å². The molecule has 108 valence electrons. The van der Waals surface area contributed by atoms with Crippen molar-refractivity contribution >= 4 is 22.6 Å². The molecule has 3 rings (SSSR count). The van der Waals surface area contributed by atoms with Crippen molar-refractivity contribution in [2.45, 2.75) is 13.0 Å². The third-order valence-electron chi connectivity index (χ3n) is 3.38. The molecule has 0 saturated carbocycles.